The van der Waals surface area contributed by atoms with Crippen LogP contribution in [-0.4, -0.2) is 13.1 Å². The van der Waals surface area contributed by atoms with Crippen LogP contribution in [0, 0.1) is 0 Å². The van der Waals surface area contributed by atoms with Crippen LogP contribution in [-0.2, 0) is 0 Å². The average Bonchev–Trinajstić information content (AvgIpc) is 2.00. The minimum absolute atomic E-state index is 0.303. The predicted octanol–water partition coefficient (Wildman–Crippen LogP) is 2.46. The van der Waals surface area contributed by atoms with Crippen LogP contribution in [0.1, 0.15) is 6.92 Å². The van der Waals surface area contributed by atoms with Crippen molar-refractivity contribution in [2.45, 2.75) is 13.0 Å². The third-order valence-electron chi connectivity index (χ3n) is 1.26. The Kier molecular flexibility index (Phi) is 5.90. The lowest BCUT2D eigenvalue weighted by molar-refractivity contribution is 0.728. The third kappa shape index (κ3) is 5.89. The number of rotatable bonds is 4. The molecule has 0 aliphatic rings. The lowest BCUT2D eigenvalue weighted by Crippen LogP contribution is -2.18. The van der Waals surface area contributed by atoms with E-state index in [-0.39, 0.29) is 0 Å². The highest BCUT2D eigenvalue weighted by molar-refractivity contribution is 6.31. The van der Waals surface area contributed by atoms with Gasteiger partial charge in [0.25, 0.3) is 0 Å². The highest BCUT2D eigenvalue weighted by Crippen LogP contribution is 2.04. The van der Waals surface area contributed by atoms with E-state index in [1.165, 1.54) is 0 Å². The van der Waals surface area contributed by atoms with Crippen LogP contribution in [0.2, 0.25) is 0 Å². The van der Waals surface area contributed by atoms with Crippen molar-refractivity contribution in [1.82, 2.24) is 5.32 Å². The second-order valence-corrected chi connectivity index (χ2v) is 2.66. The Morgan fingerprint density at radius 3 is 2.73 bits per heavy atom. The van der Waals surface area contributed by atoms with E-state index in [2.05, 4.69) is 11.9 Å². The first-order valence-electron chi connectivity index (χ1n) is 3.54. The normalized spacial score (nSPS) is 15.4. The maximum Gasteiger partial charge on any atom is 0.0381 e. The molecule has 1 atom stereocenters. The maximum absolute atomic E-state index is 5.82. The molecule has 11 heavy (non-hydrogen) atoms. The van der Waals surface area contributed by atoms with Crippen LogP contribution in [0.25, 0.3) is 0 Å². The lowest BCUT2D eigenvalue weighted by atomic mass is 10.3. The van der Waals surface area contributed by atoms with Crippen LogP contribution in [0.3, 0.4) is 0 Å². The van der Waals surface area contributed by atoms with Crippen molar-refractivity contribution in [3.05, 3.63) is 35.9 Å². The minimum atomic E-state index is 0.303. The van der Waals surface area contributed by atoms with E-state index >= 15 is 0 Å². The Balaban J connectivity index is 3.98. The van der Waals surface area contributed by atoms with Gasteiger partial charge in [0, 0.05) is 11.1 Å². The van der Waals surface area contributed by atoms with Gasteiger partial charge in [0.15, 0.2) is 0 Å². The summed E-state index contributed by atoms with van der Waals surface area (Å²) in [7, 11) is 1.89. The summed E-state index contributed by atoms with van der Waals surface area (Å²) in [6, 6.07) is 0.303. The van der Waals surface area contributed by atoms with E-state index in [0.717, 1.165) is 5.03 Å². The van der Waals surface area contributed by atoms with Crippen LogP contribution in [0.15, 0.2) is 35.9 Å². The van der Waals surface area contributed by atoms with Gasteiger partial charge in [0.2, 0.25) is 0 Å². The standard InChI is InChI=1S/C9H14ClN/c1-4-5-6-9(10)7-8(2)11-3/h4-8,11H,1H2,2-3H3/b6-5-,9-7+. The summed E-state index contributed by atoms with van der Waals surface area (Å²) in [5.41, 5.74) is 0. The molecule has 62 valence electrons. The SMILES string of the molecule is C=C/C=C\C(Cl)=C/C(C)NC. The molecule has 1 unspecified atom stereocenters. The topological polar surface area (TPSA) is 12.0 Å². The number of likely N-dealkylation sites (N-methyl/N-ethyl adjacent to an activating group) is 1. The molecule has 0 aromatic heterocycles. The molecule has 0 bridgehead atoms. The largest absolute Gasteiger partial charge is 0.314 e. The van der Waals surface area contributed by atoms with Gasteiger partial charge < -0.3 is 5.32 Å². The van der Waals surface area contributed by atoms with Crippen molar-refractivity contribution in [3.63, 3.8) is 0 Å². The summed E-state index contributed by atoms with van der Waals surface area (Å²) in [5, 5.41) is 3.78. The molecule has 0 aromatic rings. The van der Waals surface area contributed by atoms with Crippen LogP contribution in [0.4, 0.5) is 0 Å². The van der Waals surface area contributed by atoms with Crippen molar-refractivity contribution < 1.29 is 0 Å². The van der Waals surface area contributed by atoms with Crippen molar-refractivity contribution in [1.29, 1.82) is 0 Å². The first-order valence-corrected chi connectivity index (χ1v) is 3.92. The number of hydrogen-bond acceptors (Lipinski definition) is 1. The zero-order valence-corrected chi connectivity index (χ0v) is 7.73. The number of allylic oxidation sites excluding steroid dienone is 4. The van der Waals surface area contributed by atoms with E-state index in [0.29, 0.717) is 6.04 Å². The Morgan fingerprint density at radius 2 is 2.27 bits per heavy atom. The Bertz CT molecular complexity index is 170. The van der Waals surface area contributed by atoms with Gasteiger partial charge in [0.05, 0.1) is 0 Å². The van der Waals surface area contributed by atoms with Gasteiger partial charge in [0.1, 0.15) is 0 Å². The van der Waals surface area contributed by atoms with Gasteiger partial charge in [-0.05, 0) is 26.1 Å². The molecule has 0 radical (unpaired) electrons. The van der Waals surface area contributed by atoms with Crippen molar-refractivity contribution in [2.75, 3.05) is 7.05 Å². The molecule has 0 rings (SSSR count). The third-order valence-corrected chi connectivity index (χ3v) is 1.51. The summed E-state index contributed by atoms with van der Waals surface area (Å²) in [6.07, 6.45) is 7.24. The van der Waals surface area contributed by atoms with Gasteiger partial charge in [-0.25, -0.2) is 0 Å². The second kappa shape index (κ2) is 6.20. The average molecular weight is 172 g/mol. The Labute approximate surface area is 73.4 Å². The van der Waals surface area contributed by atoms with Crippen LogP contribution in [0.5, 0.6) is 0 Å². The molecule has 0 aliphatic carbocycles. The van der Waals surface area contributed by atoms with Gasteiger partial charge in [-0.1, -0.05) is 30.3 Å². The lowest BCUT2D eigenvalue weighted by Gasteiger charge is -2.02. The van der Waals surface area contributed by atoms with Gasteiger partial charge >= 0.3 is 0 Å². The van der Waals surface area contributed by atoms with Crippen LogP contribution < -0.4 is 5.32 Å². The van der Waals surface area contributed by atoms with E-state index in [4.69, 9.17) is 11.6 Å². The minimum Gasteiger partial charge on any atom is -0.314 e. The second-order valence-electron chi connectivity index (χ2n) is 2.22. The molecule has 1 N–H and O–H groups in total. The number of nitrogens with one attached hydrogen (secondary N) is 1. The quantitative estimate of drug-likeness (QED) is 0.641. The fourth-order valence-electron chi connectivity index (χ4n) is 0.538. The van der Waals surface area contributed by atoms with Crippen molar-refractivity contribution >= 4 is 11.6 Å². The molecular weight excluding hydrogens is 158 g/mol. The first-order chi connectivity index (χ1) is 5.20. The smallest absolute Gasteiger partial charge is 0.0381 e. The molecule has 1 nitrogen and oxygen atoms in total. The molecule has 0 saturated heterocycles. The summed E-state index contributed by atoms with van der Waals surface area (Å²) in [4.78, 5) is 0. The molecule has 0 fully saturated rings. The van der Waals surface area contributed by atoms with Crippen molar-refractivity contribution in [2.24, 2.45) is 0 Å². The maximum atomic E-state index is 5.82. The van der Waals surface area contributed by atoms with Gasteiger partial charge in [-0.3, -0.25) is 0 Å². The summed E-state index contributed by atoms with van der Waals surface area (Å²) < 4.78 is 0. The molecule has 2 heteroatoms. The highest BCUT2D eigenvalue weighted by Gasteiger charge is 1.91. The monoisotopic (exact) mass is 171 g/mol. The van der Waals surface area contributed by atoms with Gasteiger partial charge in [-0.15, -0.1) is 0 Å². The predicted molar refractivity (Wildman–Crippen MR) is 51.8 cm³/mol. The van der Waals surface area contributed by atoms with E-state index < -0.39 is 0 Å². The molecule has 0 aliphatic heterocycles. The van der Waals surface area contributed by atoms with E-state index in [1.807, 2.05) is 26.1 Å². The number of halogens is 1. The summed E-state index contributed by atoms with van der Waals surface area (Å²) in [5.74, 6) is 0. The Morgan fingerprint density at radius 1 is 1.64 bits per heavy atom. The fraction of sp³-hybridized carbons (Fsp3) is 0.333. The highest BCUT2D eigenvalue weighted by atomic mass is 35.5. The van der Waals surface area contributed by atoms with Gasteiger partial charge in [-0.2, -0.15) is 0 Å². The summed E-state index contributed by atoms with van der Waals surface area (Å²) in [6.45, 7) is 5.58. The molecule has 0 aromatic carbocycles. The molecule has 0 amide bonds. The van der Waals surface area contributed by atoms with E-state index in [9.17, 15) is 0 Å². The first kappa shape index (κ1) is 10.5. The molecular formula is C9H14ClN. The molecule has 0 spiro atoms. The zero-order chi connectivity index (χ0) is 8.69. The molecule has 0 saturated carbocycles. The molecule has 0 heterocycles. The zero-order valence-electron chi connectivity index (χ0n) is 6.97. The van der Waals surface area contributed by atoms with Crippen LogP contribution >= 0.6 is 11.6 Å². The number of hydrogen-bond donors (Lipinski definition) is 1. The summed E-state index contributed by atoms with van der Waals surface area (Å²) >= 11 is 5.82. The fourth-order valence-corrected chi connectivity index (χ4v) is 0.799. The van der Waals surface area contributed by atoms with E-state index in [1.54, 1.807) is 12.2 Å². The van der Waals surface area contributed by atoms with Crippen molar-refractivity contribution in [3.8, 4) is 0 Å². The Hall–Kier alpha value is -0.530.